The fourth-order valence-corrected chi connectivity index (χ4v) is 4.53. The molecule has 0 aromatic heterocycles. The van der Waals surface area contributed by atoms with Crippen LogP contribution in [0.5, 0.6) is 0 Å². The molecule has 0 bridgehead atoms. The first-order chi connectivity index (χ1) is 14.8. The van der Waals surface area contributed by atoms with Crippen molar-refractivity contribution in [2.75, 3.05) is 4.90 Å². The van der Waals surface area contributed by atoms with E-state index >= 15 is 0 Å². The lowest BCUT2D eigenvalue weighted by Crippen LogP contribution is -2.10. The zero-order chi connectivity index (χ0) is 20.1. The van der Waals surface area contributed by atoms with Crippen LogP contribution in [0.3, 0.4) is 0 Å². The van der Waals surface area contributed by atoms with Crippen molar-refractivity contribution in [1.29, 1.82) is 0 Å². The molecule has 0 atom stereocenters. The van der Waals surface area contributed by atoms with Gasteiger partial charge in [0.05, 0.1) is 5.69 Å². The van der Waals surface area contributed by atoms with Crippen LogP contribution in [0, 0.1) is 5.82 Å². The zero-order valence-corrected chi connectivity index (χ0v) is 16.2. The molecule has 0 saturated heterocycles. The van der Waals surface area contributed by atoms with Gasteiger partial charge in [0.25, 0.3) is 0 Å². The van der Waals surface area contributed by atoms with Gasteiger partial charge in [-0.05, 0) is 52.6 Å². The topological polar surface area (TPSA) is 3.24 Å². The number of hydrogen-bond acceptors (Lipinski definition) is 1. The molecule has 0 unspecified atom stereocenters. The Hall–Kier alpha value is -3.91. The summed E-state index contributed by atoms with van der Waals surface area (Å²) in [5.74, 6) is -0.176. The lowest BCUT2D eigenvalue weighted by Gasteiger charge is -2.27. The molecule has 0 aliphatic rings. The normalized spacial score (nSPS) is 11.5. The molecule has 6 aromatic rings. The number of anilines is 3. The number of para-hydroxylation sites is 2. The molecule has 0 radical (unpaired) electrons. The third-order valence-electron chi connectivity index (χ3n) is 5.86. The average molecular weight is 387 g/mol. The predicted octanol–water partition coefficient (Wildman–Crippen LogP) is 8.19. The Morgan fingerprint density at radius 3 is 1.60 bits per heavy atom. The second kappa shape index (κ2) is 6.57. The van der Waals surface area contributed by atoms with Gasteiger partial charge in [-0.15, -0.1) is 0 Å². The molecular weight excluding hydrogens is 369 g/mol. The Morgan fingerprint density at radius 1 is 0.467 bits per heavy atom. The van der Waals surface area contributed by atoms with Gasteiger partial charge < -0.3 is 4.90 Å². The Balaban J connectivity index is 1.73. The molecule has 6 rings (SSSR count). The van der Waals surface area contributed by atoms with Crippen molar-refractivity contribution >= 4 is 49.4 Å². The zero-order valence-electron chi connectivity index (χ0n) is 16.2. The summed E-state index contributed by atoms with van der Waals surface area (Å²) in [7, 11) is 0. The molecule has 0 aliphatic carbocycles. The molecule has 2 heteroatoms. The van der Waals surface area contributed by atoms with Gasteiger partial charge in [0.2, 0.25) is 0 Å². The van der Waals surface area contributed by atoms with Gasteiger partial charge in [0.1, 0.15) is 5.82 Å². The van der Waals surface area contributed by atoms with E-state index in [-0.39, 0.29) is 5.82 Å². The van der Waals surface area contributed by atoms with Crippen LogP contribution in [0.2, 0.25) is 0 Å². The van der Waals surface area contributed by atoms with Crippen LogP contribution in [0.15, 0.2) is 109 Å². The number of halogens is 1. The highest BCUT2D eigenvalue weighted by atomic mass is 19.1. The summed E-state index contributed by atoms with van der Waals surface area (Å²) in [6.07, 6.45) is 0. The molecule has 142 valence electrons. The van der Waals surface area contributed by atoms with Crippen molar-refractivity contribution < 1.29 is 4.39 Å². The number of hydrogen-bond donors (Lipinski definition) is 0. The number of benzene rings is 6. The van der Waals surface area contributed by atoms with Gasteiger partial charge >= 0.3 is 0 Å². The van der Waals surface area contributed by atoms with E-state index in [0.717, 1.165) is 44.0 Å². The van der Waals surface area contributed by atoms with Crippen LogP contribution >= 0.6 is 0 Å². The summed E-state index contributed by atoms with van der Waals surface area (Å²) >= 11 is 0. The summed E-state index contributed by atoms with van der Waals surface area (Å²) in [6.45, 7) is 0. The summed E-state index contributed by atoms with van der Waals surface area (Å²) in [4.78, 5) is 2.27. The van der Waals surface area contributed by atoms with E-state index in [9.17, 15) is 4.39 Å². The molecular formula is C28H18FN. The lowest BCUT2D eigenvalue weighted by atomic mass is 9.93. The minimum atomic E-state index is -0.176. The summed E-state index contributed by atoms with van der Waals surface area (Å²) in [6, 6.07) is 36.6. The fourth-order valence-electron chi connectivity index (χ4n) is 4.53. The van der Waals surface area contributed by atoms with Crippen LogP contribution in [0.1, 0.15) is 0 Å². The largest absolute Gasteiger partial charge is 0.310 e. The van der Waals surface area contributed by atoms with E-state index in [1.807, 2.05) is 30.3 Å². The Morgan fingerprint density at radius 2 is 0.967 bits per heavy atom. The molecule has 0 N–H and O–H groups in total. The minimum Gasteiger partial charge on any atom is -0.310 e. The summed E-state index contributed by atoms with van der Waals surface area (Å²) in [5.41, 5.74) is 3.26. The third-order valence-corrected chi connectivity index (χ3v) is 5.86. The number of nitrogens with zero attached hydrogens (tertiary/aromatic N) is 1. The van der Waals surface area contributed by atoms with Crippen molar-refractivity contribution in [3.8, 4) is 0 Å². The maximum absolute atomic E-state index is 14.6. The highest BCUT2D eigenvalue weighted by molar-refractivity contribution is 6.25. The first-order valence-electron chi connectivity index (χ1n) is 10.1. The smallest absolute Gasteiger partial charge is 0.131 e. The fraction of sp³-hybridized carbons (Fsp3) is 0. The van der Waals surface area contributed by atoms with Gasteiger partial charge in [-0.2, -0.15) is 0 Å². The van der Waals surface area contributed by atoms with Crippen molar-refractivity contribution in [3.05, 3.63) is 115 Å². The van der Waals surface area contributed by atoms with Crippen LogP contribution < -0.4 is 4.90 Å². The van der Waals surface area contributed by atoms with Crippen molar-refractivity contribution in [2.45, 2.75) is 0 Å². The first kappa shape index (κ1) is 17.0. The van der Waals surface area contributed by atoms with Crippen molar-refractivity contribution in [3.63, 3.8) is 0 Å². The third kappa shape index (κ3) is 2.47. The standard InChI is InChI=1S/C28H18FN/c29-25-17-13-19-12-16-24-26(18-14-20-11-15-23(25)27(19)28(20)24)30(21-7-3-1-4-8-21)22-9-5-2-6-10-22/h1-18H. The van der Waals surface area contributed by atoms with E-state index in [0.29, 0.717) is 5.39 Å². The highest BCUT2D eigenvalue weighted by Gasteiger charge is 2.18. The van der Waals surface area contributed by atoms with E-state index in [4.69, 9.17) is 0 Å². The predicted molar refractivity (Wildman–Crippen MR) is 125 cm³/mol. The molecule has 6 aromatic carbocycles. The average Bonchev–Trinajstić information content (AvgIpc) is 2.81. The molecule has 1 nitrogen and oxygen atoms in total. The van der Waals surface area contributed by atoms with Gasteiger partial charge in [0, 0.05) is 27.5 Å². The highest BCUT2D eigenvalue weighted by Crippen LogP contribution is 2.43. The number of rotatable bonds is 3. The summed E-state index contributed by atoms with van der Waals surface area (Å²) in [5, 5.41) is 6.08. The van der Waals surface area contributed by atoms with Gasteiger partial charge in [-0.3, -0.25) is 0 Å². The molecule has 0 spiro atoms. The molecule has 0 amide bonds. The first-order valence-corrected chi connectivity index (χ1v) is 10.1. The molecule has 0 fully saturated rings. The van der Waals surface area contributed by atoms with E-state index in [1.165, 1.54) is 0 Å². The second-order valence-corrected chi connectivity index (χ2v) is 7.56. The Bertz CT molecular complexity index is 1450. The van der Waals surface area contributed by atoms with Crippen molar-refractivity contribution in [1.82, 2.24) is 0 Å². The quantitative estimate of drug-likeness (QED) is 0.277. The van der Waals surface area contributed by atoms with Crippen LogP contribution in [-0.2, 0) is 0 Å². The lowest BCUT2D eigenvalue weighted by molar-refractivity contribution is 0.640. The van der Waals surface area contributed by atoms with Crippen molar-refractivity contribution in [2.24, 2.45) is 0 Å². The second-order valence-electron chi connectivity index (χ2n) is 7.56. The molecule has 0 aliphatic heterocycles. The maximum Gasteiger partial charge on any atom is 0.131 e. The van der Waals surface area contributed by atoms with E-state index < -0.39 is 0 Å². The van der Waals surface area contributed by atoms with Gasteiger partial charge in [-0.1, -0.05) is 72.8 Å². The van der Waals surface area contributed by atoms with E-state index in [1.54, 1.807) is 6.07 Å². The SMILES string of the molecule is Fc1ccc2ccc3c(N(c4ccccc4)c4ccccc4)ccc4ccc1c2c43. The molecule has 0 heterocycles. The monoisotopic (exact) mass is 387 g/mol. The Kier molecular flexibility index (Phi) is 3.72. The van der Waals surface area contributed by atoms with Crippen LogP contribution in [0.25, 0.3) is 32.3 Å². The maximum atomic E-state index is 14.6. The van der Waals surface area contributed by atoms with Crippen LogP contribution in [-0.4, -0.2) is 0 Å². The molecule has 30 heavy (non-hydrogen) atoms. The molecule has 0 saturated carbocycles. The van der Waals surface area contributed by atoms with Crippen LogP contribution in [0.4, 0.5) is 21.5 Å². The van der Waals surface area contributed by atoms with Gasteiger partial charge in [0.15, 0.2) is 0 Å². The Labute approximate surface area is 173 Å². The van der Waals surface area contributed by atoms with E-state index in [2.05, 4.69) is 77.7 Å². The minimum absolute atomic E-state index is 0.176. The van der Waals surface area contributed by atoms with Gasteiger partial charge in [-0.25, -0.2) is 4.39 Å². The summed E-state index contributed by atoms with van der Waals surface area (Å²) < 4.78 is 14.6.